The average molecular weight is 256 g/mol. The number of β-amino-alcohol motifs (C(OH)–C–C–N with tert-alkyl or cyclic N) is 1. The molecule has 0 spiro atoms. The number of hydrogen-bond acceptors (Lipinski definition) is 4. The summed E-state index contributed by atoms with van der Waals surface area (Å²) in [5.74, 6) is -0.415. The van der Waals surface area contributed by atoms with Crippen LogP contribution in [0.15, 0.2) is 0 Å². The summed E-state index contributed by atoms with van der Waals surface area (Å²) < 4.78 is 5.50. The van der Waals surface area contributed by atoms with Crippen molar-refractivity contribution < 1.29 is 14.6 Å². The van der Waals surface area contributed by atoms with E-state index in [4.69, 9.17) is 10.5 Å². The molecule has 1 saturated heterocycles. The predicted molar refractivity (Wildman–Crippen MR) is 68.0 cm³/mol. The minimum atomic E-state index is -0.586. The third kappa shape index (κ3) is 3.43. The summed E-state index contributed by atoms with van der Waals surface area (Å²) in [5, 5.41) is 10.5. The number of aliphatic hydroxyl groups is 1. The summed E-state index contributed by atoms with van der Waals surface area (Å²) in [5.41, 5.74) is 4.72. The van der Waals surface area contributed by atoms with Crippen LogP contribution in [0.3, 0.4) is 0 Å². The first kappa shape index (κ1) is 13.8. The fourth-order valence-corrected chi connectivity index (χ4v) is 3.11. The van der Waals surface area contributed by atoms with Gasteiger partial charge in [-0.2, -0.15) is 0 Å². The smallest absolute Gasteiger partial charge is 0.247 e. The van der Waals surface area contributed by atoms with Gasteiger partial charge in [-0.3, -0.25) is 9.69 Å². The summed E-state index contributed by atoms with van der Waals surface area (Å²) in [7, 11) is 0. The van der Waals surface area contributed by atoms with Crippen molar-refractivity contribution in [2.24, 2.45) is 5.73 Å². The molecule has 0 radical (unpaired) electrons. The van der Waals surface area contributed by atoms with Crippen LogP contribution in [0.5, 0.6) is 0 Å². The fraction of sp³-hybridized carbons (Fsp3) is 0.923. The highest BCUT2D eigenvalue weighted by Gasteiger charge is 2.35. The van der Waals surface area contributed by atoms with E-state index in [2.05, 4.69) is 4.90 Å². The number of carbonyl (C=O) groups excluding carboxylic acids is 1. The number of rotatable bonds is 3. The second kappa shape index (κ2) is 5.55. The van der Waals surface area contributed by atoms with E-state index in [0.717, 1.165) is 32.2 Å². The first-order valence-corrected chi connectivity index (χ1v) is 6.88. The second-order valence-electron chi connectivity index (χ2n) is 5.82. The van der Waals surface area contributed by atoms with Crippen molar-refractivity contribution >= 4 is 5.91 Å². The zero-order valence-corrected chi connectivity index (χ0v) is 11.1. The van der Waals surface area contributed by atoms with E-state index in [1.54, 1.807) is 0 Å². The Morgan fingerprint density at radius 3 is 2.67 bits per heavy atom. The van der Waals surface area contributed by atoms with E-state index in [1.807, 2.05) is 6.92 Å². The number of primary amides is 1. The molecule has 2 fully saturated rings. The molecule has 2 aliphatic rings. The Labute approximate surface area is 108 Å². The SMILES string of the molecule is C[C@@H]1CN(CC2(O)CCCCC2)CC(C(N)=O)O1. The zero-order valence-electron chi connectivity index (χ0n) is 11.1. The Balaban J connectivity index is 1.93. The molecule has 1 aliphatic heterocycles. The van der Waals surface area contributed by atoms with Gasteiger partial charge in [0.25, 0.3) is 0 Å². The lowest BCUT2D eigenvalue weighted by atomic mass is 9.84. The highest BCUT2D eigenvalue weighted by Crippen LogP contribution is 2.29. The molecular formula is C13H24N2O3. The number of ether oxygens (including phenoxy) is 1. The molecule has 104 valence electrons. The van der Waals surface area contributed by atoms with Gasteiger partial charge in [0.05, 0.1) is 11.7 Å². The van der Waals surface area contributed by atoms with Gasteiger partial charge in [-0.1, -0.05) is 19.3 Å². The minimum Gasteiger partial charge on any atom is -0.389 e. The number of nitrogens with zero attached hydrogens (tertiary/aromatic N) is 1. The van der Waals surface area contributed by atoms with Crippen molar-refractivity contribution in [3.8, 4) is 0 Å². The minimum absolute atomic E-state index is 0.0107. The molecule has 1 heterocycles. The molecule has 1 unspecified atom stereocenters. The maximum Gasteiger partial charge on any atom is 0.247 e. The molecule has 1 aliphatic carbocycles. The number of carbonyl (C=O) groups is 1. The van der Waals surface area contributed by atoms with Crippen molar-refractivity contribution in [3.05, 3.63) is 0 Å². The van der Waals surface area contributed by atoms with Crippen molar-refractivity contribution in [2.75, 3.05) is 19.6 Å². The van der Waals surface area contributed by atoms with Crippen molar-refractivity contribution in [2.45, 2.75) is 56.8 Å². The van der Waals surface area contributed by atoms with Gasteiger partial charge in [-0.25, -0.2) is 0 Å². The van der Waals surface area contributed by atoms with Crippen LogP contribution >= 0.6 is 0 Å². The van der Waals surface area contributed by atoms with E-state index < -0.39 is 17.6 Å². The Hall–Kier alpha value is -0.650. The van der Waals surface area contributed by atoms with Crippen LogP contribution in [0.25, 0.3) is 0 Å². The van der Waals surface area contributed by atoms with E-state index in [1.165, 1.54) is 6.42 Å². The Morgan fingerprint density at radius 1 is 1.39 bits per heavy atom. The monoisotopic (exact) mass is 256 g/mol. The summed E-state index contributed by atoms with van der Waals surface area (Å²) >= 11 is 0. The highest BCUT2D eigenvalue weighted by atomic mass is 16.5. The summed E-state index contributed by atoms with van der Waals surface area (Å²) in [6.07, 6.45) is 4.57. The highest BCUT2D eigenvalue weighted by molar-refractivity contribution is 5.79. The zero-order chi connectivity index (χ0) is 13.2. The van der Waals surface area contributed by atoms with E-state index in [-0.39, 0.29) is 6.10 Å². The lowest BCUT2D eigenvalue weighted by Crippen LogP contribution is -2.55. The number of hydrogen-bond donors (Lipinski definition) is 2. The molecule has 0 bridgehead atoms. The molecule has 2 rings (SSSR count). The topological polar surface area (TPSA) is 75.8 Å². The van der Waals surface area contributed by atoms with E-state index >= 15 is 0 Å². The van der Waals surface area contributed by atoms with Gasteiger partial charge in [0, 0.05) is 19.6 Å². The van der Waals surface area contributed by atoms with Crippen molar-refractivity contribution in [1.82, 2.24) is 4.90 Å². The van der Waals surface area contributed by atoms with Crippen LogP contribution in [-0.2, 0) is 9.53 Å². The quantitative estimate of drug-likeness (QED) is 0.759. The van der Waals surface area contributed by atoms with Gasteiger partial charge >= 0.3 is 0 Å². The average Bonchev–Trinajstić information content (AvgIpc) is 2.28. The summed E-state index contributed by atoms with van der Waals surface area (Å²) in [6.45, 7) is 3.82. The maximum absolute atomic E-state index is 11.2. The van der Waals surface area contributed by atoms with Gasteiger partial charge in [-0.15, -0.1) is 0 Å². The lowest BCUT2D eigenvalue weighted by Gasteiger charge is -2.41. The molecule has 5 heteroatoms. The largest absolute Gasteiger partial charge is 0.389 e. The molecule has 0 aromatic heterocycles. The van der Waals surface area contributed by atoms with Crippen molar-refractivity contribution in [1.29, 1.82) is 0 Å². The van der Waals surface area contributed by atoms with Gasteiger partial charge in [0.2, 0.25) is 5.91 Å². The molecule has 1 amide bonds. The molecule has 2 atom stereocenters. The molecular weight excluding hydrogens is 232 g/mol. The molecule has 0 aromatic carbocycles. The third-order valence-corrected chi connectivity index (χ3v) is 3.96. The number of amides is 1. The molecule has 5 nitrogen and oxygen atoms in total. The van der Waals surface area contributed by atoms with Crippen LogP contribution in [0.2, 0.25) is 0 Å². The van der Waals surface area contributed by atoms with Crippen LogP contribution in [0.1, 0.15) is 39.0 Å². The van der Waals surface area contributed by atoms with Crippen LogP contribution < -0.4 is 5.73 Å². The normalized spacial score (nSPS) is 33.2. The van der Waals surface area contributed by atoms with Gasteiger partial charge in [0.1, 0.15) is 6.10 Å². The van der Waals surface area contributed by atoms with Crippen LogP contribution in [0.4, 0.5) is 0 Å². The van der Waals surface area contributed by atoms with Gasteiger partial charge in [0.15, 0.2) is 0 Å². The number of morpholine rings is 1. The fourth-order valence-electron chi connectivity index (χ4n) is 3.11. The Morgan fingerprint density at radius 2 is 2.06 bits per heavy atom. The van der Waals surface area contributed by atoms with Gasteiger partial charge < -0.3 is 15.6 Å². The Kier molecular flexibility index (Phi) is 4.25. The standard InChI is InChI=1S/C13H24N2O3/c1-10-7-15(8-11(18-10)12(14)16)9-13(17)5-3-2-4-6-13/h10-11,17H,2-9H2,1H3,(H2,14,16)/t10-,11?/m1/s1. The third-order valence-electron chi connectivity index (χ3n) is 3.96. The van der Waals surface area contributed by atoms with Crippen LogP contribution in [-0.4, -0.2) is 53.4 Å². The summed E-state index contributed by atoms with van der Waals surface area (Å²) in [4.78, 5) is 13.3. The first-order valence-electron chi connectivity index (χ1n) is 6.88. The number of nitrogens with two attached hydrogens (primary N) is 1. The van der Waals surface area contributed by atoms with E-state index in [9.17, 15) is 9.90 Å². The first-order chi connectivity index (χ1) is 8.48. The Bertz CT molecular complexity index is 303. The molecule has 0 aromatic rings. The molecule has 18 heavy (non-hydrogen) atoms. The van der Waals surface area contributed by atoms with Crippen molar-refractivity contribution in [3.63, 3.8) is 0 Å². The maximum atomic E-state index is 11.2. The van der Waals surface area contributed by atoms with Crippen LogP contribution in [0, 0.1) is 0 Å². The predicted octanol–water partition coefficient (Wildman–Crippen LogP) is 0.256. The van der Waals surface area contributed by atoms with E-state index in [0.29, 0.717) is 13.1 Å². The summed E-state index contributed by atoms with van der Waals surface area (Å²) in [6, 6.07) is 0. The lowest BCUT2D eigenvalue weighted by molar-refractivity contribution is -0.146. The molecule has 3 N–H and O–H groups in total. The second-order valence-corrected chi connectivity index (χ2v) is 5.82. The van der Waals surface area contributed by atoms with Gasteiger partial charge in [-0.05, 0) is 19.8 Å². The molecule has 1 saturated carbocycles.